The Hall–Kier alpha value is -1.13. The zero-order chi connectivity index (χ0) is 13.4. The molecule has 3 nitrogen and oxygen atoms in total. The Labute approximate surface area is 119 Å². The van der Waals surface area contributed by atoms with Crippen molar-refractivity contribution in [2.24, 2.45) is 5.10 Å². The van der Waals surface area contributed by atoms with Crippen molar-refractivity contribution in [3.05, 3.63) is 34.9 Å². The first-order chi connectivity index (χ1) is 8.63. The van der Waals surface area contributed by atoms with Gasteiger partial charge >= 0.3 is 0 Å². The third-order valence-corrected chi connectivity index (χ3v) is 2.89. The lowest BCUT2D eigenvalue weighted by Gasteiger charge is -2.07. The van der Waals surface area contributed by atoms with Crippen LogP contribution >= 0.6 is 23.8 Å². The number of thiocarbonyl (C=S) groups is 1. The molecule has 5 heteroatoms. The fraction of sp³-hybridized carbons (Fsp3) is 0.385. The molecule has 0 unspecified atom stereocenters. The number of nitrogens with one attached hydrogen (secondary N) is 2. The molecule has 0 aliphatic heterocycles. The minimum atomic E-state index is 0.553. The Kier molecular flexibility index (Phi) is 6.68. The third-order valence-electron chi connectivity index (χ3n) is 2.40. The lowest BCUT2D eigenvalue weighted by atomic mass is 10.1. The first-order valence-corrected chi connectivity index (χ1v) is 6.76. The summed E-state index contributed by atoms with van der Waals surface area (Å²) in [5.74, 6) is 0. The summed E-state index contributed by atoms with van der Waals surface area (Å²) in [6, 6.07) is 7.54. The van der Waals surface area contributed by atoms with Gasteiger partial charge in [-0.05, 0) is 43.3 Å². The van der Waals surface area contributed by atoms with Crippen molar-refractivity contribution in [2.45, 2.75) is 26.7 Å². The van der Waals surface area contributed by atoms with Crippen LogP contribution in [0, 0.1) is 0 Å². The number of hydrazone groups is 1. The second-order valence-electron chi connectivity index (χ2n) is 3.93. The van der Waals surface area contributed by atoms with Crippen molar-refractivity contribution >= 4 is 34.6 Å². The minimum absolute atomic E-state index is 0.553. The van der Waals surface area contributed by atoms with Gasteiger partial charge in [-0.3, -0.25) is 5.43 Å². The molecular formula is C13H18ClN3S. The van der Waals surface area contributed by atoms with Gasteiger partial charge in [-0.2, -0.15) is 5.10 Å². The Bertz CT molecular complexity index is 415. The van der Waals surface area contributed by atoms with E-state index in [4.69, 9.17) is 23.8 Å². The maximum Gasteiger partial charge on any atom is 0.186 e. The van der Waals surface area contributed by atoms with E-state index in [9.17, 15) is 0 Å². The molecular weight excluding hydrogens is 266 g/mol. The number of hydrogen-bond donors (Lipinski definition) is 2. The van der Waals surface area contributed by atoms with Crippen LogP contribution in [-0.2, 0) is 0 Å². The molecule has 0 heterocycles. The van der Waals surface area contributed by atoms with Crippen LogP contribution < -0.4 is 10.7 Å². The average molecular weight is 284 g/mol. The molecule has 0 saturated carbocycles. The number of hydrogen-bond acceptors (Lipinski definition) is 2. The van der Waals surface area contributed by atoms with E-state index >= 15 is 0 Å². The van der Waals surface area contributed by atoms with E-state index in [1.165, 1.54) is 0 Å². The van der Waals surface area contributed by atoms with E-state index in [2.05, 4.69) is 22.8 Å². The molecule has 0 aliphatic rings. The quantitative estimate of drug-likeness (QED) is 0.377. The predicted octanol–water partition coefficient (Wildman–Crippen LogP) is 3.33. The van der Waals surface area contributed by atoms with Gasteiger partial charge in [0.25, 0.3) is 0 Å². The standard InChI is InChI=1S/C13H18ClN3S/c1-3-4-9-15-13(18)17-16-10(2)11-5-7-12(14)8-6-11/h5-8H,3-4,9H2,1-2H3,(H2,15,17,18)/b16-10-. The number of halogens is 1. The maximum atomic E-state index is 5.83. The highest BCUT2D eigenvalue weighted by Crippen LogP contribution is 2.09. The largest absolute Gasteiger partial charge is 0.361 e. The molecule has 0 spiro atoms. The van der Waals surface area contributed by atoms with Crippen molar-refractivity contribution in [1.82, 2.24) is 10.7 Å². The van der Waals surface area contributed by atoms with Gasteiger partial charge in [0.05, 0.1) is 5.71 Å². The fourth-order valence-electron chi connectivity index (χ4n) is 1.31. The summed E-state index contributed by atoms with van der Waals surface area (Å²) in [6.07, 6.45) is 2.24. The van der Waals surface area contributed by atoms with E-state index in [-0.39, 0.29) is 0 Å². The van der Waals surface area contributed by atoms with Gasteiger partial charge in [0.2, 0.25) is 0 Å². The van der Waals surface area contributed by atoms with Crippen molar-refractivity contribution in [3.63, 3.8) is 0 Å². The van der Waals surface area contributed by atoms with E-state index in [1.807, 2.05) is 31.2 Å². The molecule has 0 amide bonds. The number of rotatable bonds is 5. The summed E-state index contributed by atoms with van der Waals surface area (Å²) in [7, 11) is 0. The van der Waals surface area contributed by atoms with Crippen LogP contribution in [0.5, 0.6) is 0 Å². The Morgan fingerprint density at radius 1 is 1.33 bits per heavy atom. The van der Waals surface area contributed by atoms with Gasteiger partial charge in [0.15, 0.2) is 5.11 Å². The van der Waals surface area contributed by atoms with Crippen molar-refractivity contribution < 1.29 is 0 Å². The lowest BCUT2D eigenvalue weighted by molar-refractivity contribution is 0.745. The molecule has 1 rings (SSSR count). The van der Waals surface area contributed by atoms with Gasteiger partial charge in [-0.25, -0.2) is 0 Å². The summed E-state index contributed by atoms with van der Waals surface area (Å²) in [6.45, 7) is 4.93. The summed E-state index contributed by atoms with van der Waals surface area (Å²) < 4.78 is 0. The molecule has 1 aromatic carbocycles. The average Bonchev–Trinajstić information content (AvgIpc) is 2.37. The summed E-state index contributed by atoms with van der Waals surface area (Å²) >= 11 is 10.9. The number of unbranched alkanes of at least 4 members (excludes halogenated alkanes) is 1. The van der Waals surface area contributed by atoms with Crippen LogP contribution in [0.2, 0.25) is 5.02 Å². The van der Waals surface area contributed by atoms with Gasteiger partial charge in [-0.1, -0.05) is 37.1 Å². The lowest BCUT2D eigenvalue weighted by Crippen LogP contribution is -2.33. The molecule has 0 aromatic heterocycles. The molecule has 0 fully saturated rings. The predicted molar refractivity (Wildman–Crippen MR) is 82.3 cm³/mol. The highest BCUT2D eigenvalue weighted by atomic mass is 35.5. The Morgan fingerprint density at radius 3 is 2.61 bits per heavy atom. The molecule has 0 saturated heterocycles. The fourth-order valence-corrected chi connectivity index (χ4v) is 1.58. The second-order valence-corrected chi connectivity index (χ2v) is 4.77. The second kappa shape index (κ2) is 8.06. The Balaban J connectivity index is 2.46. The zero-order valence-corrected chi connectivity index (χ0v) is 12.2. The van der Waals surface area contributed by atoms with Crippen LogP contribution in [0.25, 0.3) is 0 Å². The van der Waals surface area contributed by atoms with Gasteiger partial charge in [0.1, 0.15) is 0 Å². The maximum absolute atomic E-state index is 5.83. The number of nitrogens with zero attached hydrogens (tertiary/aromatic N) is 1. The molecule has 0 atom stereocenters. The topological polar surface area (TPSA) is 36.4 Å². The smallest absolute Gasteiger partial charge is 0.186 e. The van der Waals surface area contributed by atoms with Crippen LogP contribution in [0.1, 0.15) is 32.3 Å². The Morgan fingerprint density at radius 2 is 2.00 bits per heavy atom. The van der Waals surface area contributed by atoms with Crippen molar-refractivity contribution in [3.8, 4) is 0 Å². The van der Waals surface area contributed by atoms with Gasteiger partial charge in [-0.15, -0.1) is 0 Å². The molecule has 98 valence electrons. The van der Waals surface area contributed by atoms with Crippen molar-refractivity contribution in [2.75, 3.05) is 6.54 Å². The first kappa shape index (κ1) is 14.9. The highest BCUT2D eigenvalue weighted by molar-refractivity contribution is 7.80. The monoisotopic (exact) mass is 283 g/mol. The highest BCUT2D eigenvalue weighted by Gasteiger charge is 1.98. The van der Waals surface area contributed by atoms with Crippen LogP contribution in [-0.4, -0.2) is 17.4 Å². The van der Waals surface area contributed by atoms with E-state index in [0.717, 1.165) is 35.7 Å². The number of benzene rings is 1. The van der Waals surface area contributed by atoms with Crippen molar-refractivity contribution in [1.29, 1.82) is 0 Å². The third kappa shape index (κ3) is 5.47. The van der Waals surface area contributed by atoms with E-state index in [0.29, 0.717) is 5.11 Å². The van der Waals surface area contributed by atoms with E-state index in [1.54, 1.807) is 0 Å². The van der Waals surface area contributed by atoms with E-state index < -0.39 is 0 Å². The van der Waals surface area contributed by atoms with Gasteiger partial charge < -0.3 is 5.32 Å². The first-order valence-electron chi connectivity index (χ1n) is 5.97. The van der Waals surface area contributed by atoms with Crippen LogP contribution in [0.4, 0.5) is 0 Å². The molecule has 0 radical (unpaired) electrons. The molecule has 0 bridgehead atoms. The SMILES string of the molecule is CCCCNC(=S)N/N=C(/C)c1ccc(Cl)cc1. The summed E-state index contributed by atoms with van der Waals surface area (Å²) in [4.78, 5) is 0. The zero-order valence-electron chi connectivity index (χ0n) is 10.7. The minimum Gasteiger partial charge on any atom is -0.361 e. The van der Waals surface area contributed by atoms with Crippen LogP contribution in [0.15, 0.2) is 29.4 Å². The normalized spacial score (nSPS) is 11.2. The summed E-state index contributed by atoms with van der Waals surface area (Å²) in [5.41, 5.74) is 4.71. The van der Waals surface area contributed by atoms with Gasteiger partial charge in [0, 0.05) is 11.6 Å². The molecule has 18 heavy (non-hydrogen) atoms. The molecule has 2 N–H and O–H groups in total. The van der Waals surface area contributed by atoms with Crippen LogP contribution in [0.3, 0.4) is 0 Å². The molecule has 0 aliphatic carbocycles. The summed E-state index contributed by atoms with van der Waals surface area (Å²) in [5, 5.41) is 8.59. The molecule has 1 aromatic rings.